The largest absolute Gasteiger partial charge is 0.340 e. The van der Waals surface area contributed by atoms with Crippen LogP contribution in [0.4, 0.5) is 11.5 Å². The zero-order valence-corrected chi connectivity index (χ0v) is 11.1. The van der Waals surface area contributed by atoms with E-state index in [0.717, 1.165) is 21.6 Å². The molecule has 2 aromatic heterocycles. The van der Waals surface area contributed by atoms with Crippen LogP contribution in [0.15, 0.2) is 29.8 Å². The summed E-state index contributed by atoms with van der Waals surface area (Å²) >= 11 is 7.43. The van der Waals surface area contributed by atoms with Crippen LogP contribution in [-0.4, -0.2) is 15.0 Å². The van der Waals surface area contributed by atoms with Gasteiger partial charge in [0.25, 0.3) is 0 Å². The standard InChI is InChI=1S/C12H9ClN4S/c1-7-4-11(17-12(13)15-7)16-8-2-3-9-10(5-8)18-6-14-9/h2-6H,1H3,(H,15,16,17). The Morgan fingerprint density at radius 1 is 1.22 bits per heavy atom. The fraction of sp³-hybridized carbons (Fsp3) is 0.0833. The van der Waals surface area contributed by atoms with E-state index in [0.29, 0.717) is 5.82 Å². The number of anilines is 2. The molecule has 4 nitrogen and oxygen atoms in total. The van der Waals surface area contributed by atoms with E-state index in [1.165, 1.54) is 0 Å². The molecule has 0 saturated carbocycles. The third-order valence-electron chi connectivity index (χ3n) is 2.43. The fourth-order valence-corrected chi connectivity index (χ4v) is 2.62. The Kier molecular flexibility index (Phi) is 2.85. The van der Waals surface area contributed by atoms with E-state index in [2.05, 4.69) is 20.3 Å². The number of nitrogens with zero attached hydrogens (tertiary/aromatic N) is 3. The minimum Gasteiger partial charge on any atom is -0.340 e. The molecule has 0 amide bonds. The number of rotatable bonds is 2. The van der Waals surface area contributed by atoms with Gasteiger partial charge < -0.3 is 5.32 Å². The maximum absolute atomic E-state index is 5.82. The Hall–Kier alpha value is -1.72. The van der Waals surface area contributed by atoms with E-state index in [1.807, 2.05) is 36.7 Å². The highest BCUT2D eigenvalue weighted by molar-refractivity contribution is 7.16. The summed E-state index contributed by atoms with van der Waals surface area (Å²) in [7, 11) is 0. The molecule has 6 heteroatoms. The van der Waals surface area contributed by atoms with Crippen molar-refractivity contribution in [1.82, 2.24) is 15.0 Å². The molecule has 0 unspecified atom stereocenters. The summed E-state index contributed by atoms with van der Waals surface area (Å²) in [6, 6.07) is 7.83. The molecule has 90 valence electrons. The van der Waals surface area contributed by atoms with Gasteiger partial charge in [-0.1, -0.05) is 0 Å². The zero-order chi connectivity index (χ0) is 12.5. The maximum Gasteiger partial charge on any atom is 0.224 e. The number of nitrogens with one attached hydrogen (secondary N) is 1. The topological polar surface area (TPSA) is 50.7 Å². The lowest BCUT2D eigenvalue weighted by atomic mass is 10.3. The second-order valence-corrected chi connectivity index (χ2v) is 5.05. The van der Waals surface area contributed by atoms with Crippen LogP contribution in [-0.2, 0) is 0 Å². The highest BCUT2D eigenvalue weighted by Crippen LogP contribution is 2.24. The van der Waals surface area contributed by atoms with E-state index in [1.54, 1.807) is 11.3 Å². The van der Waals surface area contributed by atoms with Crippen LogP contribution < -0.4 is 5.32 Å². The average molecular weight is 277 g/mol. The summed E-state index contributed by atoms with van der Waals surface area (Å²) < 4.78 is 1.14. The first-order chi connectivity index (χ1) is 8.70. The lowest BCUT2D eigenvalue weighted by Crippen LogP contribution is -1.96. The SMILES string of the molecule is Cc1cc(Nc2ccc3ncsc3c2)nc(Cl)n1. The number of benzene rings is 1. The number of hydrogen-bond donors (Lipinski definition) is 1. The minimum atomic E-state index is 0.247. The van der Waals surface area contributed by atoms with Crippen molar-refractivity contribution in [1.29, 1.82) is 0 Å². The van der Waals surface area contributed by atoms with Crippen LogP contribution in [0.5, 0.6) is 0 Å². The lowest BCUT2D eigenvalue weighted by Gasteiger charge is -2.06. The van der Waals surface area contributed by atoms with E-state index < -0.39 is 0 Å². The molecule has 3 rings (SSSR count). The summed E-state index contributed by atoms with van der Waals surface area (Å²) in [5, 5.41) is 3.46. The second-order valence-electron chi connectivity index (χ2n) is 3.82. The average Bonchev–Trinajstić information content (AvgIpc) is 2.74. The maximum atomic E-state index is 5.82. The Balaban J connectivity index is 1.95. The van der Waals surface area contributed by atoms with Gasteiger partial charge in [-0.25, -0.2) is 15.0 Å². The Morgan fingerprint density at radius 3 is 2.94 bits per heavy atom. The molecule has 1 aromatic carbocycles. The number of halogens is 1. The van der Waals surface area contributed by atoms with Gasteiger partial charge in [-0.2, -0.15) is 0 Å². The molecule has 0 radical (unpaired) electrons. The second kappa shape index (κ2) is 4.51. The van der Waals surface area contributed by atoms with Crippen LogP contribution in [0.25, 0.3) is 10.2 Å². The smallest absolute Gasteiger partial charge is 0.224 e. The predicted molar refractivity (Wildman–Crippen MR) is 74.7 cm³/mol. The predicted octanol–water partition coefficient (Wildman–Crippen LogP) is 3.79. The van der Waals surface area contributed by atoms with E-state index in [4.69, 9.17) is 11.6 Å². The van der Waals surface area contributed by atoms with Crippen molar-refractivity contribution in [3.63, 3.8) is 0 Å². The quantitative estimate of drug-likeness (QED) is 0.724. The fourth-order valence-electron chi connectivity index (χ4n) is 1.68. The summed E-state index contributed by atoms with van der Waals surface area (Å²) in [6.45, 7) is 1.88. The van der Waals surface area contributed by atoms with Crippen molar-refractivity contribution in [2.24, 2.45) is 0 Å². The molecule has 3 aromatic rings. The first kappa shape index (κ1) is 11.4. The molecular weight excluding hydrogens is 268 g/mol. The van der Waals surface area contributed by atoms with Crippen LogP contribution in [0.3, 0.4) is 0 Å². The van der Waals surface area contributed by atoms with Gasteiger partial charge in [0.05, 0.1) is 15.7 Å². The normalized spacial score (nSPS) is 10.8. The molecule has 0 spiro atoms. The van der Waals surface area contributed by atoms with Crippen molar-refractivity contribution < 1.29 is 0 Å². The van der Waals surface area contributed by atoms with Gasteiger partial charge >= 0.3 is 0 Å². The molecule has 0 saturated heterocycles. The Labute approximate surface area is 113 Å². The lowest BCUT2D eigenvalue weighted by molar-refractivity contribution is 1.10. The molecule has 1 N–H and O–H groups in total. The zero-order valence-electron chi connectivity index (χ0n) is 9.51. The van der Waals surface area contributed by atoms with E-state index in [-0.39, 0.29) is 5.28 Å². The number of hydrogen-bond acceptors (Lipinski definition) is 5. The highest BCUT2D eigenvalue weighted by atomic mass is 35.5. The number of aryl methyl sites for hydroxylation is 1. The van der Waals surface area contributed by atoms with E-state index >= 15 is 0 Å². The first-order valence-corrected chi connectivity index (χ1v) is 6.58. The van der Waals surface area contributed by atoms with Crippen LogP contribution in [0, 0.1) is 6.92 Å². The molecule has 0 aliphatic rings. The molecular formula is C12H9ClN4S. The van der Waals surface area contributed by atoms with Gasteiger partial charge in [-0.15, -0.1) is 11.3 Å². The molecule has 18 heavy (non-hydrogen) atoms. The third-order valence-corrected chi connectivity index (χ3v) is 3.39. The Bertz CT molecular complexity index is 690. The third kappa shape index (κ3) is 2.27. The van der Waals surface area contributed by atoms with Crippen molar-refractivity contribution in [3.8, 4) is 0 Å². The van der Waals surface area contributed by atoms with Crippen LogP contribution in [0.1, 0.15) is 5.69 Å². The number of aromatic nitrogens is 3. The van der Waals surface area contributed by atoms with E-state index in [9.17, 15) is 0 Å². The van der Waals surface area contributed by atoms with Crippen LogP contribution >= 0.6 is 22.9 Å². The van der Waals surface area contributed by atoms with Gasteiger partial charge in [0, 0.05) is 17.4 Å². The van der Waals surface area contributed by atoms with Gasteiger partial charge in [0.15, 0.2) is 0 Å². The molecule has 0 atom stereocenters. The molecule has 0 fully saturated rings. The van der Waals surface area contributed by atoms with Gasteiger partial charge in [-0.3, -0.25) is 0 Å². The number of thiazole rings is 1. The molecule has 0 aliphatic heterocycles. The monoisotopic (exact) mass is 276 g/mol. The van der Waals surface area contributed by atoms with Crippen molar-refractivity contribution in [3.05, 3.63) is 40.8 Å². The highest BCUT2D eigenvalue weighted by Gasteiger charge is 2.02. The summed E-state index contributed by atoms with van der Waals surface area (Å²) in [6.07, 6.45) is 0. The summed E-state index contributed by atoms with van der Waals surface area (Å²) in [5.41, 5.74) is 4.62. The molecule has 0 aliphatic carbocycles. The van der Waals surface area contributed by atoms with Crippen molar-refractivity contribution >= 4 is 44.7 Å². The summed E-state index contributed by atoms with van der Waals surface area (Å²) in [4.78, 5) is 12.4. The number of fused-ring (bicyclic) bond motifs is 1. The van der Waals surface area contributed by atoms with Gasteiger partial charge in [0.1, 0.15) is 5.82 Å². The van der Waals surface area contributed by atoms with Crippen LogP contribution in [0.2, 0.25) is 5.28 Å². The summed E-state index contributed by atoms with van der Waals surface area (Å²) in [5.74, 6) is 0.691. The van der Waals surface area contributed by atoms with Crippen molar-refractivity contribution in [2.45, 2.75) is 6.92 Å². The van der Waals surface area contributed by atoms with Gasteiger partial charge in [0.2, 0.25) is 5.28 Å². The molecule has 0 bridgehead atoms. The van der Waals surface area contributed by atoms with Crippen molar-refractivity contribution in [2.75, 3.05) is 5.32 Å². The molecule has 2 heterocycles. The van der Waals surface area contributed by atoms with Gasteiger partial charge in [-0.05, 0) is 36.7 Å². The minimum absolute atomic E-state index is 0.247. The Morgan fingerprint density at radius 2 is 2.11 bits per heavy atom. The first-order valence-electron chi connectivity index (χ1n) is 5.32.